The van der Waals surface area contributed by atoms with Crippen LogP contribution in [0.3, 0.4) is 0 Å². The zero-order valence-electron chi connectivity index (χ0n) is 10.5. The summed E-state index contributed by atoms with van der Waals surface area (Å²) in [6.07, 6.45) is -4.28. The average Bonchev–Trinajstić information content (AvgIpc) is 2.27. The van der Waals surface area contributed by atoms with Crippen LogP contribution in [-0.4, -0.2) is 25.2 Å². The predicted octanol–water partition coefficient (Wildman–Crippen LogP) is 2.89. The molecule has 0 unspecified atom stereocenters. The normalized spacial score (nSPS) is 19.9. The summed E-state index contributed by atoms with van der Waals surface area (Å²) in [5.74, 6) is 0. The highest BCUT2D eigenvalue weighted by molar-refractivity contribution is 5.52. The minimum absolute atomic E-state index is 0.178. The first kappa shape index (κ1) is 13.2. The standard InChI is InChI=1S/C13H17F3N2/c1-12(2)9-17-6-7-18(12)11-5-3-4-10(8-11)13(14,15)16/h3-5,8,17H,6-7,9H2,1-2H3. The molecule has 0 radical (unpaired) electrons. The van der Waals surface area contributed by atoms with Crippen molar-refractivity contribution in [1.29, 1.82) is 0 Å². The molecule has 2 rings (SSSR count). The molecule has 1 aliphatic heterocycles. The first-order valence-corrected chi connectivity index (χ1v) is 5.96. The third-order valence-electron chi connectivity index (χ3n) is 3.29. The van der Waals surface area contributed by atoms with Gasteiger partial charge in [0.15, 0.2) is 0 Å². The van der Waals surface area contributed by atoms with Crippen molar-refractivity contribution in [2.45, 2.75) is 25.6 Å². The molecule has 1 heterocycles. The highest BCUT2D eigenvalue weighted by Crippen LogP contribution is 2.33. The van der Waals surface area contributed by atoms with Gasteiger partial charge >= 0.3 is 6.18 Å². The molecule has 1 N–H and O–H groups in total. The van der Waals surface area contributed by atoms with Gasteiger partial charge in [-0.2, -0.15) is 13.2 Å². The van der Waals surface area contributed by atoms with E-state index in [0.29, 0.717) is 12.2 Å². The summed E-state index contributed by atoms with van der Waals surface area (Å²) < 4.78 is 38.1. The van der Waals surface area contributed by atoms with Gasteiger partial charge in [0.1, 0.15) is 0 Å². The van der Waals surface area contributed by atoms with E-state index in [1.807, 2.05) is 18.7 Å². The smallest absolute Gasteiger partial charge is 0.364 e. The Kier molecular flexibility index (Phi) is 3.27. The molecule has 0 spiro atoms. The molecule has 5 heteroatoms. The van der Waals surface area contributed by atoms with E-state index in [9.17, 15) is 13.2 Å². The molecule has 1 aromatic carbocycles. The van der Waals surface area contributed by atoms with Crippen LogP contribution in [0.15, 0.2) is 24.3 Å². The van der Waals surface area contributed by atoms with E-state index >= 15 is 0 Å². The molecule has 2 nitrogen and oxygen atoms in total. The van der Waals surface area contributed by atoms with Crippen LogP contribution < -0.4 is 10.2 Å². The Morgan fingerprint density at radius 1 is 1.28 bits per heavy atom. The van der Waals surface area contributed by atoms with Crippen LogP contribution in [0, 0.1) is 0 Å². The van der Waals surface area contributed by atoms with Gasteiger partial charge in [0.25, 0.3) is 0 Å². The lowest BCUT2D eigenvalue weighted by atomic mass is 9.98. The van der Waals surface area contributed by atoms with Crippen molar-refractivity contribution in [3.63, 3.8) is 0 Å². The fourth-order valence-corrected chi connectivity index (χ4v) is 2.31. The minimum Gasteiger partial charge on any atom is -0.364 e. The highest BCUT2D eigenvalue weighted by Gasteiger charge is 2.33. The van der Waals surface area contributed by atoms with Gasteiger partial charge in [-0.3, -0.25) is 0 Å². The number of nitrogens with one attached hydrogen (secondary N) is 1. The average molecular weight is 258 g/mol. The van der Waals surface area contributed by atoms with Crippen LogP contribution in [-0.2, 0) is 6.18 Å². The zero-order chi connectivity index (χ0) is 13.4. The highest BCUT2D eigenvalue weighted by atomic mass is 19.4. The number of rotatable bonds is 1. The lowest BCUT2D eigenvalue weighted by Crippen LogP contribution is -2.58. The molecular weight excluding hydrogens is 241 g/mol. The molecule has 0 aliphatic carbocycles. The van der Waals surface area contributed by atoms with Gasteiger partial charge in [-0.1, -0.05) is 6.07 Å². The van der Waals surface area contributed by atoms with E-state index in [1.54, 1.807) is 6.07 Å². The number of nitrogens with zero attached hydrogens (tertiary/aromatic N) is 1. The fraction of sp³-hybridized carbons (Fsp3) is 0.538. The summed E-state index contributed by atoms with van der Waals surface area (Å²) in [6, 6.07) is 5.55. The van der Waals surface area contributed by atoms with E-state index in [4.69, 9.17) is 0 Å². The maximum atomic E-state index is 12.7. The maximum absolute atomic E-state index is 12.7. The molecular formula is C13H17F3N2. The number of alkyl halides is 3. The quantitative estimate of drug-likeness (QED) is 0.833. The maximum Gasteiger partial charge on any atom is 0.416 e. The Morgan fingerprint density at radius 2 is 2.00 bits per heavy atom. The molecule has 1 aromatic rings. The van der Waals surface area contributed by atoms with E-state index in [1.165, 1.54) is 12.1 Å². The van der Waals surface area contributed by atoms with Crippen molar-refractivity contribution in [2.75, 3.05) is 24.5 Å². The van der Waals surface area contributed by atoms with Crippen molar-refractivity contribution in [2.24, 2.45) is 0 Å². The van der Waals surface area contributed by atoms with E-state index in [0.717, 1.165) is 19.2 Å². The van der Waals surface area contributed by atoms with Crippen LogP contribution in [0.4, 0.5) is 18.9 Å². The third kappa shape index (κ3) is 2.61. The zero-order valence-corrected chi connectivity index (χ0v) is 10.5. The van der Waals surface area contributed by atoms with E-state index in [-0.39, 0.29) is 5.54 Å². The summed E-state index contributed by atoms with van der Waals surface area (Å²) in [5, 5.41) is 3.26. The Bertz CT molecular complexity index is 426. The van der Waals surface area contributed by atoms with Crippen LogP contribution in [0.5, 0.6) is 0 Å². The first-order chi connectivity index (χ1) is 8.31. The second-order valence-electron chi connectivity index (χ2n) is 5.19. The monoisotopic (exact) mass is 258 g/mol. The molecule has 1 fully saturated rings. The number of piperazine rings is 1. The number of hydrogen-bond acceptors (Lipinski definition) is 2. The molecule has 1 saturated heterocycles. The van der Waals surface area contributed by atoms with Crippen molar-refractivity contribution in [3.8, 4) is 0 Å². The summed E-state index contributed by atoms with van der Waals surface area (Å²) in [4.78, 5) is 2.03. The topological polar surface area (TPSA) is 15.3 Å². The van der Waals surface area contributed by atoms with Gasteiger partial charge in [-0.25, -0.2) is 0 Å². The van der Waals surface area contributed by atoms with Gasteiger partial charge in [-0.05, 0) is 32.0 Å². The molecule has 1 aliphatic rings. The van der Waals surface area contributed by atoms with Crippen molar-refractivity contribution in [1.82, 2.24) is 5.32 Å². The second-order valence-corrected chi connectivity index (χ2v) is 5.19. The second kappa shape index (κ2) is 4.46. The minimum atomic E-state index is -4.28. The van der Waals surface area contributed by atoms with Gasteiger partial charge in [0, 0.05) is 30.9 Å². The van der Waals surface area contributed by atoms with Gasteiger partial charge in [0.05, 0.1) is 5.56 Å². The Balaban J connectivity index is 2.33. The van der Waals surface area contributed by atoms with Crippen LogP contribution in [0.25, 0.3) is 0 Å². The summed E-state index contributed by atoms with van der Waals surface area (Å²) >= 11 is 0. The summed E-state index contributed by atoms with van der Waals surface area (Å²) in [7, 11) is 0. The molecule has 0 atom stereocenters. The molecule has 100 valence electrons. The Hall–Kier alpha value is -1.23. The number of benzene rings is 1. The summed E-state index contributed by atoms with van der Waals surface area (Å²) in [5.41, 5.74) is -0.131. The largest absolute Gasteiger partial charge is 0.416 e. The fourth-order valence-electron chi connectivity index (χ4n) is 2.31. The van der Waals surface area contributed by atoms with Gasteiger partial charge in [0.2, 0.25) is 0 Å². The van der Waals surface area contributed by atoms with Gasteiger partial charge in [-0.15, -0.1) is 0 Å². The molecule has 0 saturated carbocycles. The Morgan fingerprint density at radius 3 is 2.61 bits per heavy atom. The van der Waals surface area contributed by atoms with Gasteiger partial charge < -0.3 is 10.2 Å². The summed E-state index contributed by atoms with van der Waals surface area (Å²) in [6.45, 7) is 6.33. The lowest BCUT2D eigenvalue weighted by molar-refractivity contribution is -0.137. The van der Waals surface area contributed by atoms with Crippen molar-refractivity contribution < 1.29 is 13.2 Å². The molecule has 0 bridgehead atoms. The number of halogens is 3. The first-order valence-electron chi connectivity index (χ1n) is 5.96. The molecule has 0 amide bonds. The van der Waals surface area contributed by atoms with Crippen LogP contribution >= 0.6 is 0 Å². The van der Waals surface area contributed by atoms with E-state index < -0.39 is 11.7 Å². The van der Waals surface area contributed by atoms with Crippen molar-refractivity contribution >= 4 is 5.69 Å². The van der Waals surface area contributed by atoms with Crippen molar-refractivity contribution in [3.05, 3.63) is 29.8 Å². The Labute approximate surface area is 105 Å². The van der Waals surface area contributed by atoms with Crippen LogP contribution in [0.1, 0.15) is 19.4 Å². The molecule has 0 aromatic heterocycles. The van der Waals surface area contributed by atoms with Crippen LogP contribution in [0.2, 0.25) is 0 Å². The predicted molar refractivity (Wildman–Crippen MR) is 65.7 cm³/mol. The molecule has 18 heavy (non-hydrogen) atoms. The number of anilines is 1. The SMILES string of the molecule is CC1(C)CNCCN1c1cccc(C(F)(F)F)c1. The third-order valence-corrected chi connectivity index (χ3v) is 3.29. The lowest BCUT2D eigenvalue weighted by Gasteiger charge is -2.44. The number of hydrogen-bond donors (Lipinski definition) is 1. The van der Waals surface area contributed by atoms with E-state index in [2.05, 4.69) is 5.32 Å².